The van der Waals surface area contributed by atoms with E-state index in [1.807, 2.05) is 79.5 Å². The Morgan fingerprint density at radius 2 is 1.38 bits per heavy atom. The second-order valence-electron chi connectivity index (χ2n) is 17.0. The molecule has 2 saturated heterocycles. The third-order valence-electron chi connectivity index (χ3n) is 12.5. The number of fused-ring (bicyclic) bond motifs is 1. The van der Waals surface area contributed by atoms with E-state index >= 15 is 0 Å². The van der Waals surface area contributed by atoms with E-state index < -0.39 is 6.04 Å². The van der Waals surface area contributed by atoms with Gasteiger partial charge in [0.05, 0.1) is 18.7 Å². The van der Waals surface area contributed by atoms with Crippen molar-refractivity contribution in [2.75, 3.05) is 39.3 Å². The molecule has 0 bridgehead atoms. The van der Waals surface area contributed by atoms with Gasteiger partial charge in [-0.05, 0) is 86.8 Å². The third-order valence-corrected chi connectivity index (χ3v) is 12.5. The zero-order chi connectivity index (χ0) is 44.3. The minimum Gasteiger partial charge on any atom is -0.396 e. The van der Waals surface area contributed by atoms with Gasteiger partial charge in [-0.1, -0.05) is 72.7 Å². The molecule has 3 aromatic heterocycles. The first-order valence-electron chi connectivity index (χ1n) is 22.8. The summed E-state index contributed by atoms with van der Waals surface area (Å²) in [6.07, 6.45) is 10.3. The number of H-pyrrole nitrogens is 1. The van der Waals surface area contributed by atoms with E-state index in [1.54, 1.807) is 17.0 Å². The van der Waals surface area contributed by atoms with Gasteiger partial charge in [-0.3, -0.25) is 19.2 Å². The van der Waals surface area contributed by atoms with Crippen LogP contribution in [0, 0.1) is 11.8 Å². The Balaban J connectivity index is 0.000000183. The lowest BCUT2D eigenvalue weighted by atomic mass is 9.85. The van der Waals surface area contributed by atoms with Crippen LogP contribution in [-0.4, -0.2) is 99.2 Å². The van der Waals surface area contributed by atoms with Gasteiger partial charge < -0.3 is 45.3 Å². The lowest BCUT2D eigenvalue weighted by Gasteiger charge is -2.36. The molecule has 15 nitrogen and oxygen atoms in total. The van der Waals surface area contributed by atoms with Crippen molar-refractivity contribution in [1.29, 1.82) is 0 Å². The summed E-state index contributed by atoms with van der Waals surface area (Å²) >= 11 is 0. The lowest BCUT2D eigenvalue weighted by molar-refractivity contribution is -0.134. The van der Waals surface area contributed by atoms with Crippen molar-refractivity contribution in [2.24, 2.45) is 17.6 Å². The van der Waals surface area contributed by atoms with Crippen molar-refractivity contribution < 1.29 is 33.3 Å². The Labute approximate surface area is 368 Å². The highest BCUT2D eigenvalue weighted by atomic mass is 16.5. The fraction of sp³-hybridized carbons (Fsp3) is 0.500. The second-order valence-corrected chi connectivity index (χ2v) is 17.0. The number of aromatic nitrogens is 3. The van der Waals surface area contributed by atoms with Gasteiger partial charge in [-0.2, -0.15) is 0 Å². The Morgan fingerprint density at radius 1 is 0.794 bits per heavy atom. The first-order chi connectivity index (χ1) is 30.7. The standard InChI is InChI=1S/C24H29N5O3.C22H27N3O4.C2H6/c25-19(11-17-14-26-20-4-2-1-3-18(17)20)24(31)29-9-7-15(8-10-29)13-27-23(30)21-12-22(32-28-21)16-5-6-16;26-13-10-20(27)25-11-8-17(9-12-25)21(16-4-2-1-3-5-16)23-22(28)18-14-19(29-24-18)15-6-7-15;1-2/h1-4,12,14-16,19,26H,5-11,13,25H2,(H,27,30);1-5,14-15,17,21,26H,6-13H2,(H,23,28);1-2H3. The summed E-state index contributed by atoms with van der Waals surface area (Å²) in [5.74, 6) is 2.57. The van der Waals surface area contributed by atoms with Crippen molar-refractivity contribution in [1.82, 2.24) is 35.7 Å². The van der Waals surface area contributed by atoms with Gasteiger partial charge in [0, 0.05) is 80.2 Å². The van der Waals surface area contributed by atoms with Crippen LogP contribution in [0.25, 0.3) is 10.9 Å². The Morgan fingerprint density at radius 3 is 2.00 bits per heavy atom. The average molecular weight is 863 g/mol. The topological polar surface area (TPSA) is 213 Å². The summed E-state index contributed by atoms with van der Waals surface area (Å²) in [5.41, 5.74) is 10.1. The van der Waals surface area contributed by atoms with Crippen molar-refractivity contribution in [3.63, 3.8) is 0 Å². The van der Waals surface area contributed by atoms with Crippen LogP contribution in [0.2, 0.25) is 0 Å². The molecular weight excluding hydrogens is 801 g/mol. The molecule has 0 spiro atoms. The molecule has 2 aromatic carbocycles. The molecule has 9 rings (SSSR count). The monoisotopic (exact) mass is 862 g/mol. The minimum atomic E-state index is -0.557. The number of aromatic amines is 1. The van der Waals surface area contributed by atoms with Crippen molar-refractivity contribution in [3.8, 4) is 0 Å². The maximum absolute atomic E-state index is 12.9. The maximum atomic E-state index is 12.9. The van der Waals surface area contributed by atoms with Crippen LogP contribution in [0.15, 0.2) is 82.0 Å². The van der Waals surface area contributed by atoms with E-state index in [1.165, 1.54) is 0 Å². The number of para-hydroxylation sites is 1. The number of piperidine rings is 2. The number of hydrogen-bond donors (Lipinski definition) is 5. The molecule has 63 heavy (non-hydrogen) atoms. The van der Waals surface area contributed by atoms with E-state index in [0.717, 1.165) is 84.9 Å². The van der Waals surface area contributed by atoms with E-state index in [0.29, 0.717) is 68.3 Å². The van der Waals surface area contributed by atoms with Crippen molar-refractivity contribution >= 4 is 34.5 Å². The van der Waals surface area contributed by atoms with Crippen LogP contribution < -0.4 is 16.4 Å². The summed E-state index contributed by atoms with van der Waals surface area (Å²) in [5, 5.41) is 24.1. The summed E-state index contributed by atoms with van der Waals surface area (Å²) in [4.78, 5) is 57.0. The van der Waals surface area contributed by atoms with Gasteiger partial charge in [-0.25, -0.2) is 0 Å². The quantitative estimate of drug-likeness (QED) is 0.0848. The molecule has 336 valence electrons. The number of carbonyl (C=O) groups is 4. The highest BCUT2D eigenvalue weighted by Gasteiger charge is 2.34. The van der Waals surface area contributed by atoms with Gasteiger partial charge >= 0.3 is 0 Å². The van der Waals surface area contributed by atoms with E-state index in [2.05, 4.69) is 25.9 Å². The summed E-state index contributed by atoms with van der Waals surface area (Å²) < 4.78 is 10.6. The van der Waals surface area contributed by atoms with Crippen molar-refractivity contribution in [2.45, 2.75) is 102 Å². The smallest absolute Gasteiger partial charge is 0.273 e. The SMILES string of the molecule is CC.NC(Cc1c[nH]c2ccccc12)C(=O)N1CCC(CNC(=O)c2cc(C3CC3)on2)CC1.O=C(NC(c1ccccc1)C1CCN(C(=O)CCO)CC1)c1cc(C2CC2)on1. The molecule has 5 aromatic rings. The lowest BCUT2D eigenvalue weighted by Crippen LogP contribution is -2.49. The first-order valence-corrected chi connectivity index (χ1v) is 22.8. The van der Waals surface area contributed by atoms with Gasteiger partial charge in [0.15, 0.2) is 11.4 Å². The summed E-state index contributed by atoms with van der Waals surface area (Å²) in [6, 6.07) is 20.8. The number of nitrogens with two attached hydrogens (primary N) is 1. The van der Waals surface area contributed by atoms with E-state index in [4.69, 9.17) is 19.9 Å². The number of benzene rings is 2. The predicted molar refractivity (Wildman–Crippen MR) is 238 cm³/mol. The summed E-state index contributed by atoms with van der Waals surface area (Å²) in [6.45, 7) is 7.06. The highest BCUT2D eigenvalue weighted by Crippen LogP contribution is 2.41. The number of amides is 4. The average Bonchev–Trinajstić information content (AvgIpc) is 4.22. The molecular formula is C48H62N8O7. The molecule has 2 atom stereocenters. The minimum absolute atomic E-state index is 0.00651. The van der Waals surface area contributed by atoms with Crippen molar-refractivity contribution in [3.05, 3.63) is 107 Å². The number of nitrogens with zero attached hydrogens (tertiary/aromatic N) is 4. The number of likely N-dealkylation sites (tertiary alicyclic amines) is 2. The molecule has 4 fully saturated rings. The summed E-state index contributed by atoms with van der Waals surface area (Å²) in [7, 11) is 0. The van der Waals surface area contributed by atoms with Gasteiger partial charge in [0.1, 0.15) is 11.5 Å². The molecule has 15 heteroatoms. The van der Waals surface area contributed by atoms with Gasteiger partial charge in [-0.15, -0.1) is 0 Å². The van der Waals surface area contributed by atoms with Crippen LogP contribution in [0.1, 0.15) is 133 Å². The van der Waals surface area contributed by atoms with Gasteiger partial charge in [0.25, 0.3) is 11.8 Å². The van der Waals surface area contributed by atoms with Crippen LogP contribution in [0.3, 0.4) is 0 Å². The Kier molecular flexibility index (Phi) is 15.5. The molecule has 2 saturated carbocycles. The molecule has 6 N–H and O–H groups in total. The van der Waals surface area contributed by atoms with Crippen LogP contribution in [-0.2, 0) is 16.0 Å². The fourth-order valence-electron chi connectivity index (χ4n) is 8.54. The molecule has 4 amide bonds. The number of aliphatic hydroxyl groups excluding tert-OH is 1. The third kappa shape index (κ3) is 11.8. The van der Waals surface area contributed by atoms with E-state index in [9.17, 15) is 19.2 Å². The number of nitrogens with one attached hydrogen (secondary N) is 3. The molecule has 2 aliphatic carbocycles. The number of aliphatic hydroxyl groups is 1. The predicted octanol–water partition coefficient (Wildman–Crippen LogP) is 6.24. The second kappa shape index (κ2) is 21.5. The van der Waals surface area contributed by atoms with Gasteiger partial charge in [0.2, 0.25) is 11.8 Å². The molecule has 2 aliphatic heterocycles. The maximum Gasteiger partial charge on any atom is 0.273 e. The molecule has 0 radical (unpaired) electrons. The largest absolute Gasteiger partial charge is 0.396 e. The van der Waals surface area contributed by atoms with E-state index in [-0.39, 0.29) is 48.6 Å². The Bertz CT molecular complexity index is 2260. The van der Waals surface area contributed by atoms with Crippen LogP contribution >= 0.6 is 0 Å². The highest BCUT2D eigenvalue weighted by molar-refractivity contribution is 5.93. The fourth-order valence-corrected chi connectivity index (χ4v) is 8.54. The zero-order valence-electron chi connectivity index (χ0n) is 36.5. The number of hydrogen-bond acceptors (Lipinski definition) is 10. The molecule has 2 unspecified atom stereocenters. The Hall–Kier alpha value is -5.80. The first kappa shape index (κ1) is 45.2. The number of carbonyl (C=O) groups excluding carboxylic acids is 4. The molecule has 4 aliphatic rings. The normalized spacial score (nSPS) is 17.8. The van der Waals surface area contributed by atoms with Crippen LogP contribution in [0.4, 0.5) is 0 Å². The molecule has 5 heterocycles. The number of rotatable bonds is 14. The zero-order valence-corrected chi connectivity index (χ0v) is 36.5. The van der Waals surface area contributed by atoms with Crippen LogP contribution in [0.5, 0.6) is 0 Å².